The Balaban J connectivity index is 3.79. The fourth-order valence-corrected chi connectivity index (χ4v) is 1.47. The van der Waals surface area contributed by atoms with Crippen LogP contribution in [0.4, 0.5) is 18.0 Å². The first-order valence-electron chi connectivity index (χ1n) is 5.67. The lowest BCUT2D eigenvalue weighted by molar-refractivity contribution is -0.122. The number of carbonyl (C=O) groups is 1. The van der Waals surface area contributed by atoms with E-state index in [0.29, 0.717) is 13.1 Å². The molecule has 17 heavy (non-hydrogen) atoms. The quantitative estimate of drug-likeness (QED) is 0.647. The molecule has 0 aliphatic carbocycles. The molecule has 0 fully saturated rings. The maximum Gasteiger partial charge on any atom is 0.405 e. The van der Waals surface area contributed by atoms with Crippen molar-refractivity contribution in [1.29, 1.82) is 0 Å². The minimum atomic E-state index is -4.38. The molecular weight excluding hydrogens is 235 g/mol. The number of nitrogens with two attached hydrogens (primary N) is 1. The second kappa shape index (κ2) is 8.16. The van der Waals surface area contributed by atoms with Crippen molar-refractivity contribution in [2.24, 2.45) is 11.7 Å². The van der Waals surface area contributed by atoms with Gasteiger partial charge in [0.25, 0.3) is 0 Å². The fraction of sp³-hybridized carbons (Fsp3) is 0.900. The lowest BCUT2D eigenvalue weighted by Gasteiger charge is -2.16. The van der Waals surface area contributed by atoms with Crippen molar-refractivity contribution in [3.05, 3.63) is 0 Å². The van der Waals surface area contributed by atoms with Crippen LogP contribution in [-0.2, 0) is 0 Å². The van der Waals surface area contributed by atoms with E-state index in [4.69, 9.17) is 5.73 Å². The van der Waals surface area contributed by atoms with Gasteiger partial charge >= 0.3 is 12.2 Å². The minimum Gasteiger partial charge on any atom is -0.338 e. The molecule has 0 saturated carbocycles. The van der Waals surface area contributed by atoms with E-state index in [1.165, 1.54) is 0 Å². The zero-order chi connectivity index (χ0) is 13.3. The van der Waals surface area contributed by atoms with Gasteiger partial charge in [-0.15, -0.1) is 0 Å². The van der Waals surface area contributed by atoms with E-state index in [1.807, 2.05) is 6.92 Å². The van der Waals surface area contributed by atoms with E-state index >= 15 is 0 Å². The summed E-state index contributed by atoms with van der Waals surface area (Å²) in [6.07, 6.45) is -1.77. The van der Waals surface area contributed by atoms with Crippen LogP contribution < -0.4 is 16.4 Å². The Hall–Kier alpha value is -0.980. The highest BCUT2D eigenvalue weighted by Crippen LogP contribution is 2.12. The van der Waals surface area contributed by atoms with Gasteiger partial charge in [0.1, 0.15) is 6.54 Å². The Bertz CT molecular complexity index is 215. The van der Waals surface area contributed by atoms with Gasteiger partial charge in [-0.05, 0) is 25.3 Å². The molecule has 0 aromatic heterocycles. The summed E-state index contributed by atoms with van der Waals surface area (Å²) >= 11 is 0. The van der Waals surface area contributed by atoms with Crippen LogP contribution in [-0.4, -0.2) is 31.8 Å². The zero-order valence-electron chi connectivity index (χ0n) is 9.94. The molecule has 1 atom stereocenters. The van der Waals surface area contributed by atoms with Crippen LogP contribution in [0, 0.1) is 5.92 Å². The molecule has 0 rings (SSSR count). The Labute approximate surface area is 99.1 Å². The van der Waals surface area contributed by atoms with Crippen LogP contribution in [0.15, 0.2) is 0 Å². The van der Waals surface area contributed by atoms with Crippen molar-refractivity contribution in [2.75, 3.05) is 19.6 Å². The molecule has 0 bridgehead atoms. The Kier molecular flexibility index (Phi) is 7.69. The molecule has 0 heterocycles. The van der Waals surface area contributed by atoms with Crippen molar-refractivity contribution >= 4 is 6.03 Å². The van der Waals surface area contributed by atoms with Crippen molar-refractivity contribution in [1.82, 2.24) is 10.6 Å². The van der Waals surface area contributed by atoms with E-state index in [1.54, 1.807) is 5.32 Å². The highest BCUT2D eigenvalue weighted by molar-refractivity contribution is 5.73. The number of hydrogen-bond acceptors (Lipinski definition) is 2. The molecule has 0 aliphatic heterocycles. The second-order valence-corrected chi connectivity index (χ2v) is 3.91. The lowest BCUT2D eigenvalue weighted by atomic mass is 10.00. The first-order valence-corrected chi connectivity index (χ1v) is 5.67. The van der Waals surface area contributed by atoms with Crippen molar-refractivity contribution < 1.29 is 18.0 Å². The minimum absolute atomic E-state index is 0.224. The van der Waals surface area contributed by atoms with E-state index in [2.05, 4.69) is 5.32 Å². The summed E-state index contributed by atoms with van der Waals surface area (Å²) in [4.78, 5) is 11.0. The summed E-state index contributed by atoms with van der Waals surface area (Å²) in [7, 11) is 0. The molecule has 0 saturated heterocycles. The smallest absolute Gasteiger partial charge is 0.338 e. The molecule has 4 nitrogen and oxygen atoms in total. The summed E-state index contributed by atoms with van der Waals surface area (Å²) in [5.41, 5.74) is 5.40. The van der Waals surface area contributed by atoms with E-state index in [9.17, 15) is 18.0 Å². The standard InChI is InChI=1S/C10H20F3N3O/c1-2-3-8(4-5-14)6-15-9(17)16-7-10(11,12)13/h8H,2-7,14H2,1H3,(H2,15,16,17). The first kappa shape index (κ1) is 16.0. The molecule has 0 aliphatic rings. The van der Waals surface area contributed by atoms with Gasteiger partial charge in [0, 0.05) is 6.54 Å². The third-order valence-corrected chi connectivity index (χ3v) is 2.27. The van der Waals surface area contributed by atoms with Crippen LogP contribution in [0.3, 0.4) is 0 Å². The molecule has 4 N–H and O–H groups in total. The molecule has 1 unspecified atom stereocenters. The van der Waals surface area contributed by atoms with E-state index in [-0.39, 0.29) is 5.92 Å². The van der Waals surface area contributed by atoms with E-state index < -0.39 is 18.8 Å². The number of nitrogens with one attached hydrogen (secondary N) is 2. The first-order chi connectivity index (χ1) is 7.89. The number of urea groups is 1. The molecule has 0 spiro atoms. The Morgan fingerprint density at radius 2 is 1.94 bits per heavy atom. The molecule has 0 radical (unpaired) electrons. The van der Waals surface area contributed by atoms with Gasteiger partial charge in [-0.1, -0.05) is 13.3 Å². The van der Waals surface area contributed by atoms with Gasteiger partial charge < -0.3 is 16.4 Å². The number of hydrogen-bond donors (Lipinski definition) is 3. The van der Waals surface area contributed by atoms with Crippen molar-refractivity contribution in [2.45, 2.75) is 32.4 Å². The normalized spacial score (nSPS) is 13.2. The monoisotopic (exact) mass is 255 g/mol. The van der Waals surface area contributed by atoms with Crippen LogP contribution >= 0.6 is 0 Å². The molecule has 7 heteroatoms. The lowest BCUT2D eigenvalue weighted by Crippen LogP contribution is -2.42. The van der Waals surface area contributed by atoms with Crippen molar-refractivity contribution in [3.8, 4) is 0 Å². The summed E-state index contributed by atoms with van der Waals surface area (Å²) in [6.45, 7) is 1.56. The maximum absolute atomic E-state index is 11.8. The third kappa shape index (κ3) is 9.92. The largest absolute Gasteiger partial charge is 0.405 e. The van der Waals surface area contributed by atoms with Gasteiger partial charge in [0.15, 0.2) is 0 Å². The summed E-state index contributed by atoms with van der Waals surface area (Å²) in [6, 6.07) is -0.791. The molecular formula is C10H20F3N3O. The van der Waals surface area contributed by atoms with Gasteiger partial charge in [-0.3, -0.25) is 0 Å². The highest BCUT2D eigenvalue weighted by atomic mass is 19.4. The zero-order valence-corrected chi connectivity index (χ0v) is 9.94. The predicted octanol–water partition coefficient (Wildman–Crippen LogP) is 1.61. The highest BCUT2D eigenvalue weighted by Gasteiger charge is 2.27. The van der Waals surface area contributed by atoms with Crippen LogP contribution in [0.5, 0.6) is 0 Å². The molecule has 0 aromatic carbocycles. The Morgan fingerprint density at radius 3 is 2.41 bits per heavy atom. The number of alkyl halides is 3. The number of carbonyl (C=O) groups excluding carboxylic acids is 1. The fourth-order valence-electron chi connectivity index (χ4n) is 1.47. The van der Waals surface area contributed by atoms with Crippen LogP contribution in [0.25, 0.3) is 0 Å². The molecule has 102 valence electrons. The number of halogens is 3. The van der Waals surface area contributed by atoms with Gasteiger partial charge in [-0.2, -0.15) is 13.2 Å². The van der Waals surface area contributed by atoms with Crippen LogP contribution in [0.1, 0.15) is 26.2 Å². The molecule has 0 aromatic rings. The predicted molar refractivity (Wildman–Crippen MR) is 59.5 cm³/mol. The van der Waals surface area contributed by atoms with Crippen LogP contribution in [0.2, 0.25) is 0 Å². The second-order valence-electron chi connectivity index (χ2n) is 3.91. The third-order valence-electron chi connectivity index (χ3n) is 2.27. The summed E-state index contributed by atoms with van der Waals surface area (Å²) in [5.74, 6) is 0.224. The van der Waals surface area contributed by atoms with E-state index in [0.717, 1.165) is 19.3 Å². The van der Waals surface area contributed by atoms with Gasteiger partial charge in [0.05, 0.1) is 0 Å². The topological polar surface area (TPSA) is 67.1 Å². The average Bonchev–Trinajstić information content (AvgIpc) is 2.23. The summed E-state index contributed by atoms with van der Waals surface area (Å²) < 4.78 is 35.4. The van der Waals surface area contributed by atoms with Gasteiger partial charge in [-0.25, -0.2) is 4.79 Å². The number of amides is 2. The number of rotatable bonds is 7. The summed E-state index contributed by atoms with van der Waals surface area (Å²) in [5, 5.41) is 4.18. The van der Waals surface area contributed by atoms with Gasteiger partial charge in [0.2, 0.25) is 0 Å². The maximum atomic E-state index is 11.8. The van der Waals surface area contributed by atoms with Crippen molar-refractivity contribution in [3.63, 3.8) is 0 Å². The average molecular weight is 255 g/mol. The Morgan fingerprint density at radius 1 is 1.29 bits per heavy atom. The molecule has 2 amide bonds. The SMILES string of the molecule is CCCC(CCN)CNC(=O)NCC(F)(F)F.